The van der Waals surface area contributed by atoms with Gasteiger partial charge in [-0.1, -0.05) is 25.5 Å². The average Bonchev–Trinajstić information content (AvgIpc) is 2.58. The lowest BCUT2D eigenvalue weighted by Crippen LogP contribution is -2.40. The zero-order chi connectivity index (χ0) is 11.3. The van der Waals surface area contributed by atoms with Gasteiger partial charge in [0.2, 0.25) is 0 Å². The summed E-state index contributed by atoms with van der Waals surface area (Å²) < 4.78 is 0. The molecule has 2 nitrogen and oxygen atoms in total. The van der Waals surface area contributed by atoms with Crippen LogP contribution in [0.15, 0.2) is 11.6 Å². The summed E-state index contributed by atoms with van der Waals surface area (Å²) in [5.74, 6) is 0. The molecule has 0 aromatic rings. The summed E-state index contributed by atoms with van der Waals surface area (Å²) in [5, 5.41) is 3.54. The highest BCUT2D eigenvalue weighted by molar-refractivity contribution is 4.97. The molecule has 0 bridgehead atoms. The Hall–Kier alpha value is -0.340. The van der Waals surface area contributed by atoms with Crippen LogP contribution in [0.5, 0.6) is 0 Å². The average molecular weight is 210 g/mol. The summed E-state index contributed by atoms with van der Waals surface area (Å²) in [4.78, 5) is 2.60. The van der Waals surface area contributed by atoms with Gasteiger partial charge in [0.05, 0.1) is 0 Å². The molecule has 1 atom stereocenters. The molecule has 1 fully saturated rings. The molecule has 1 aliphatic heterocycles. The van der Waals surface area contributed by atoms with E-state index in [1.165, 1.54) is 25.0 Å². The van der Waals surface area contributed by atoms with Crippen LogP contribution in [0.1, 0.15) is 40.5 Å². The fourth-order valence-corrected chi connectivity index (χ4v) is 2.04. The minimum absolute atomic E-state index is 0.607. The summed E-state index contributed by atoms with van der Waals surface area (Å²) in [5.41, 5.74) is 1.43. The van der Waals surface area contributed by atoms with E-state index in [-0.39, 0.29) is 0 Å². The van der Waals surface area contributed by atoms with Crippen molar-refractivity contribution in [3.05, 3.63) is 11.6 Å². The number of likely N-dealkylation sites (tertiary alicyclic amines) is 1. The van der Waals surface area contributed by atoms with E-state index < -0.39 is 0 Å². The third-order valence-corrected chi connectivity index (χ3v) is 2.99. The summed E-state index contributed by atoms with van der Waals surface area (Å²) in [6, 6.07) is 1.36. The molecule has 1 saturated heterocycles. The third kappa shape index (κ3) is 4.80. The topological polar surface area (TPSA) is 15.3 Å². The quantitative estimate of drug-likeness (QED) is 0.701. The Kier molecular flexibility index (Phi) is 5.34. The van der Waals surface area contributed by atoms with Gasteiger partial charge in [0, 0.05) is 25.2 Å². The lowest BCUT2D eigenvalue weighted by atomic mass is 10.2. The van der Waals surface area contributed by atoms with E-state index in [2.05, 4.69) is 44.0 Å². The van der Waals surface area contributed by atoms with Crippen molar-refractivity contribution in [2.45, 2.75) is 52.6 Å². The molecule has 2 heteroatoms. The van der Waals surface area contributed by atoms with Gasteiger partial charge in [0.1, 0.15) is 0 Å². The van der Waals surface area contributed by atoms with Crippen molar-refractivity contribution in [3.63, 3.8) is 0 Å². The Bertz CT molecular complexity index is 205. The standard InChI is InChI=1S/C13H26N2/c1-11(2)7-9-15-8-5-6-13(15)10-14-12(3)4/h7,12-14H,5-6,8-10H2,1-4H3. The van der Waals surface area contributed by atoms with E-state index in [1.807, 2.05) is 0 Å². The molecule has 0 radical (unpaired) electrons. The molecule has 1 rings (SSSR count). The fraction of sp³-hybridized carbons (Fsp3) is 0.846. The molecule has 1 aliphatic rings. The molecule has 88 valence electrons. The second kappa shape index (κ2) is 6.29. The normalized spacial score (nSPS) is 22.3. The van der Waals surface area contributed by atoms with Crippen LogP contribution >= 0.6 is 0 Å². The minimum Gasteiger partial charge on any atom is -0.313 e. The van der Waals surface area contributed by atoms with Crippen molar-refractivity contribution in [2.75, 3.05) is 19.6 Å². The first-order chi connectivity index (χ1) is 7.09. The van der Waals surface area contributed by atoms with Gasteiger partial charge in [-0.05, 0) is 33.2 Å². The molecule has 0 saturated carbocycles. The summed E-state index contributed by atoms with van der Waals surface area (Å²) in [6.07, 6.45) is 5.06. The number of allylic oxidation sites excluding steroid dienone is 1. The maximum absolute atomic E-state index is 3.54. The third-order valence-electron chi connectivity index (χ3n) is 2.99. The lowest BCUT2D eigenvalue weighted by molar-refractivity contribution is 0.268. The van der Waals surface area contributed by atoms with Gasteiger partial charge in [0.15, 0.2) is 0 Å². The number of hydrogen-bond donors (Lipinski definition) is 1. The van der Waals surface area contributed by atoms with Gasteiger partial charge in [-0.15, -0.1) is 0 Å². The highest BCUT2D eigenvalue weighted by Crippen LogP contribution is 2.16. The second-order valence-electron chi connectivity index (χ2n) is 5.14. The van der Waals surface area contributed by atoms with Crippen LogP contribution in [0.4, 0.5) is 0 Å². The minimum atomic E-state index is 0.607. The number of hydrogen-bond acceptors (Lipinski definition) is 2. The lowest BCUT2D eigenvalue weighted by Gasteiger charge is -2.24. The van der Waals surface area contributed by atoms with Crippen molar-refractivity contribution in [1.29, 1.82) is 0 Å². The van der Waals surface area contributed by atoms with Crippen molar-refractivity contribution in [3.8, 4) is 0 Å². The molecule has 0 aromatic carbocycles. The Morgan fingerprint density at radius 1 is 1.47 bits per heavy atom. The number of rotatable bonds is 5. The molecule has 0 aromatic heterocycles. The fourth-order valence-electron chi connectivity index (χ4n) is 2.04. The predicted molar refractivity (Wildman–Crippen MR) is 67.2 cm³/mol. The predicted octanol–water partition coefficient (Wildman–Crippen LogP) is 2.42. The summed E-state index contributed by atoms with van der Waals surface area (Å²) in [7, 11) is 0. The molecule has 1 heterocycles. The van der Waals surface area contributed by atoms with E-state index in [1.54, 1.807) is 0 Å². The molecular formula is C13H26N2. The zero-order valence-corrected chi connectivity index (χ0v) is 10.7. The molecule has 0 aliphatic carbocycles. The second-order valence-corrected chi connectivity index (χ2v) is 5.14. The highest BCUT2D eigenvalue weighted by Gasteiger charge is 2.22. The van der Waals surface area contributed by atoms with E-state index in [4.69, 9.17) is 0 Å². The SMILES string of the molecule is CC(C)=CCN1CCCC1CNC(C)C. The van der Waals surface area contributed by atoms with Crippen molar-refractivity contribution in [1.82, 2.24) is 10.2 Å². The smallest absolute Gasteiger partial charge is 0.0224 e. The Balaban J connectivity index is 2.32. The van der Waals surface area contributed by atoms with Gasteiger partial charge < -0.3 is 5.32 Å². The van der Waals surface area contributed by atoms with Crippen LogP contribution in [0, 0.1) is 0 Å². The Labute approximate surface area is 94.7 Å². The maximum atomic E-state index is 3.54. The molecule has 15 heavy (non-hydrogen) atoms. The van der Waals surface area contributed by atoms with Crippen molar-refractivity contribution in [2.24, 2.45) is 0 Å². The van der Waals surface area contributed by atoms with Gasteiger partial charge >= 0.3 is 0 Å². The van der Waals surface area contributed by atoms with Gasteiger partial charge in [0.25, 0.3) is 0 Å². The first-order valence-electron chi connectivity index (χ1n) is 6.20. The molecule has 0 spiro atoms. The van der Waals surface area contributed by atoms with Gasteiger partial charge in [-0.3, -0.25) is 4.90 Å². The zero-order valence-electron chi connectivity index (χ0n) is 10.7. The monoisotopic (exact) mass is 210 g/mol. The molecule has 1 N–H and O–H groups in total. The van der Waals surface area contributed by atoms with E-state index in [0.29, 0.717) is 6.04 Å². The molecular weight excluding hydrogens is 184 g/mol. The van der Waals surface area contributed by atoms with E-state index in [9.17, 15) is 0 Å². The van der Waals surface area contributed by atoms with Gasteiger partial charge in [-0.25, -0.2) is 0 Å². The first kappa shape index (κ1) is 12.7. The Morgan fingerprint density at radius 3 is 2.80 bits per heavy atom. The van der Waals surface area contributed by atoms with Gasteiger partial charge in [-0.2, -0.15) is 0 Å². The number of nitrogens with zero attached hydrogens (tertiary/aromatic N) is 1. The van der Waals surface area contributed by atoms with Crippen LogP contribution in [0.25, 0.3) is 0 Å². The van der Waals surface area contributed by atoms with E-state index in [0.717, 1.165) is 19.1 Å². The number of nitrogens with one attached hydrogen (secondary N) is 1. The van der Waals surface area contributed by atoms with Crippen LogP contribution in [0.3, 0.4) is 0 Å². The van der Waals surface area contributed by atoms with Crippen LogP contribution < -0.4 is 5.32 Å². The summed E-state index contributed by atoms with van der Waals surface area (Å²) in [6.45, 7) is 12.3. The van der Waals surface area contributed by atoms with Crippen LogP contribution in [-0.4, -0.2) is 36.6 Å². The van der Waals surface area contributed by atoms with Crippen LogP contribution in [0.2, 0.25) is 0 Å². The first-order valence-corrected chi connectivity index (χ1v) is 6.20. The van der Waals surface area contributed by atoms with Crippen molar-refractivity contribution >= 4 is 0 Å². The maximum Gasteiger partial charge on any atom is 0.0224 e. The summed E-state index contributed by atoms with van der Waals surface area (Å²) >= 11 is 0. The van der Waals surface area contributed by atoms with Crippen molar-refractivity contribution < 1.29 is 0 Å². The molecule has 1 unspecified atom stereocenters. The Morgan fingerprint density at radius 2 is 2.20 bits per heavy atom. The van der Waals surface area contributed by atoms with E-state index >= 15 is 0 Å². The largest absolute Gasteiger partial charge is 0.313 e. The van der Waals surface area contributed by atoms with Crippen LogP contribution in [-0.2, 0) is 0 Å². The molecule has 0 amide bonds. The highest BCUT2D eigenvalue weighted by atomic mass is 15.2.